The first-order chi connectivity index (χ1) is 38.1. The van der Waals surface area contributed by atoms with Gasteiger partial charge in [0.05, 0.1) is 12.7 Å². The number of aliphatic hydroxyl groups excluding tert-OH is 1. The van der Waals surface area contributed by atoms with Gasteiger partial charge in [0.2, 0.25) is 35.4 Å². The van der Waals surface area contributed by atoms with Gasteiger partial charge in [-0.25, -0.2) is 0 Å². The maximum Gasteiger partial charge on any atom is 0.251 e. The minimum Gasteiger partial charge on any atom is -0.508 e. The van der Waals surface area contributed by atoms with Gasteiger partial charge in [-0.1, -0.05) is 86.8 Å². The van der Waals surface area contributed by atoms with Crippen LogP contribution in [0.5, 0.6) is 11.5 Å². The van der Waals surface area contributed by atoms with Crippen molar-refractivity contribution in [2.24, 2.45) is 11.5 Å². The Morgan fingerprint density at radius 1 is 0.696 bits per heavy atom. The Morgan fingerprint density at radius 2 is 1.34 bits per heavy atom. The number of aryl methyl sites for hydroxylation is 1. The van der Waals surface area contributed by atoms with Gasteiger partial charge >= 0.3 is 0 Å². The summed E-state index contributed by atoms with van der Waals surface area (Å²) in [7, 11) is 0. The summed E-state index contributed by atoms with van der Waals surface area (Å²) < 4.78 is 5.92. The van der Waals surface area contributed by atoms with Gasteiger partial charge in [0.25, 0.3) is 5.91 Å². The lowest BCUT2D eigenvalue weighted by Gasteiger charge is -2.32. The van der Waals surface area contributed by atoms with Crippen LogP contribution < -0.4 is 42.8 Å². The van der Waals surface area contributed by atoms with Crippen LogP contribution in [0.1, 0.15) is 113 Å². The number of aromatic hydroxyl groups is 1. The fraction of sp³-hybridized carbons (Fsp3) is 0.483. The highest BCUT2D eigenvalue weighted by Crippen LogP contribution is 2.28. The standard InChI is InChI=1S/C60H79N9O10/c1-3-4-5-8-35-79-47-29-25-43(26-30-47)41-19-17-40(18-20-41)42-21-23-44(24-22-42)54(72)64-48-12-9-33-63-57(75)52-36-45(62)37-69(52)59(77)50(11-6-7-32-61)66-55(73)49(31-16-39-14-27-46(71)28-15-39)65-58(76)51-13-10-34-68(51)60(78)53(38(2)70)67-56(48)74/h14-15,17-30,38,45,48-53,70-71H,3-13,16,31-37,61-62H2,1-2H3,(H,63,75)(H,64,72)(H,65,76)(H,66,73)(H,67,74)/t38-,45+,48+,49+,50+,51+,52+,53+/m1/s1. The lowest BCUT2D eigenvalue weighted by Crippen LogP contribution is -2.61. The molecule has 7 rings (SSSR count). The van der Waals surface area contributed by atoms with E-state index in [1.807, 2.05) is 60.7 Å². The second-order valence-corrected chi connectivity index (χ2v) is 21.1. The van der Waals surface area contributed by atoms with Crippen molar-refractivity contribution in [1.82, 2.24) is 36.4 Å². The van der Waals surface area contributed by atoms with E-state index in [-0.39, 0.29) is 75.9 Å². The molecule has 7 amide bonds. The summed E-state index contributed by atoms with van der Waals surface area (Å²) in [5.41, 5.74) is 17.1. The Labute approximate surface area is 463 Å². The number of nitrogens with two attached hydrogens (primary N) is 2. The van der Waals surface area contributed by atoms with Gasteiger partial charge < -0.3 is 62.8 Å². The molecule has 424 valence electrons. The number of nitrogens with zero attached hydrogens (tertiary/aromatic N) is 2. The van der Waals surface area contributed by atoms with Crippen LogP contribution in [0.25, 0.3) is 22.3 Å². The van der Waals surface area contributed by atoms with Crippen molar-refractivity contribution in [1.29, 1.82) is 0 Å². The smallest absolute Gasteiger partial charge is 0.251 e. The van der Waals surface area contributed by atoms with Crippen LogP contribution in [0.4, 0.5) is 0 Å². The summed E-state index contributed by atoms with van der Waals surface area (Å²) in [6.45, 7) is 4.74. The van der Waals surface area contributed by atoms with E-state index in [0.29, 0.717) is 32.4 Å². The average molecular weight is 1090 g/mol. The minimum atomic E-state index is -1.54. The van der Waals surface area contributed by atoms with E-state index in [0.717, 1.165) is 46.4 Å². The predicted molar refractivity (Wildman–Crippen MR) is 300 cm³/mol. The lowest BCUT2D eigenvalue weighted by atomic mass is 9.99. The quantitative estimate of drug-likeness (QED) is 0.0634. The SMILES string of the molecule is CCCCCCOc1ccc(-c2ccc(-c3ccc(C(=O)N[C@H]4CCCNC(=O)[C@@H]5C[C@H](N)CN5C(=O)[C@H](CCCCN)NC(=O)[C@H](CCc5ccc(O)cc5)NC(=O)[C@@H]5CCCN5C(=O)[C@H]([C@@H](C)O)NC4=O)cc3)cc2)cc1. The molecule has 0 aromatic heterocycles. The third-order valence-electron chi connectivity index (χ3n) is 15.1. The molecule has 3 aliphatic heterocycles. The average Bonchev–Trinajstić information content (AvgIpc) is 4.14. The fourth-order valence-corrected chi connectivity index (χ4v) is 10.5. The van der Waals surface area contributed by atoms with E-state index >= 15 is 0 Å². The normalized spacial score (nSPS) is 23.1. The van der Waals surface area contributed by atoms with E-state index in [9.17, 15) is 43.8 Å². The molecule has 3 fully saturated rings. The first-order valence-electron chi connectivity index (χ1n) is 28.1. The number of benzene rings is 4. The van der Waals surface area contributed by atoms with E-state index < -0.39 is 89.7 Å². The summed E-state index contributed by atoms with van der Waals surface area (Å²) in [6.07, 6.45) is 5.59. The highest BCUT2D eigenvalue weighted by molar-refractivity contribution is 6.00. The highest BCUT2D eigenvalue weighted by Gasteiger charge is 2.43. The van der Waals surface area contributed by atoms with E-state index in [2.05, 4.69) is 33.5 Å². The zero-order valence-electron chi connectivity index (χ0n) is 45.5. The maximum absolute atomic E-state index is 14.5. The summed E-state index contributed by atoms with van der Waals surface area (Å²) in [5.74, 6) is -3.55. The van der Waals surface area contributed by atoms with Crippen molar-refractivity contribution < 1.29 is 48.5 Å². The van der Waals surface area contributed by atoms with Crippen LogP contribution in [0.3, 0.4) is 0 Å². The number of carbonyl (C=O) groups excluding carboxylic acids is 7. The van der Waals surface area contributed by atoms with Crippen LogP contribution in [0, 0.1) is 0 Å². The van der Waals surface area contributed by atoms with Crippen LogP contribution in [-0.2, 0) is 35.2 Å². The van der Waals surface area contributed by atoms with Gasteiger partial charge in [0.1, 0.15) is 47.8 Å². The summed E-state index contributed by atoms with van der Waals surface area (Å²) in [4.78, 5) is 103. The molecule has 11 N–H and O–H groups in total. The number of rotatable bonds is 18. The van der Waals surface area contributed by atoms with Gasteiger partial charge in [-0.05, 0) is 148 Å². The summed E-state index contributed by atoms with van der Waals surface area (Å²) >= 11 is 0. The molecule has 19 nitrogen and oxygen atoms in total. The Morgan fingerprint density at radius 3 is 1.99 bits per heavy atom. The number of nitrogens with one attached hydrogen (secondary N) is 5. The molecule has 3 saturated heterocycles. The summed E-state index contributed by atoms with van der Waals surface area (Å²) in [5, 5.41) is 35.0. The molecular weight excluding hydrogens is 1010 g/mol. The van der Waals surface area contributed by atoms with Gasteiger partial charge in [0.15, 0.2) is 0 Å². The van der Waals surface area contributed by atoms with Crippen molar-refractivity contribution in [3.05, 3.63) is 108 Å². The second kappa shape index (κ2) is 29.0. The number of unbranched alkanes of at least 4 members (excludes halogenated alkanes) is 4. The van der Waals surface area contributed by atoms with Gasteiger partial charge in [0, 0.05) is 31.2 Å². The molecule has 19 heteroatoms. The molecule has 0 unspecified atom stereocenters. The molecule has 0 saturated carbocycles. The lowest BCUT2D eigenvalue weighted by molar-refractivity contribution is -0.144. The zero-order chi connectivity index (χ0) is 56.4. The first-order valence-corrected chi connectivity index (χ1v) is 28.1. The Kier molecular flexibility index (Phi) is 21.8. The van der Waals surface area contributed by atoms with Crippen molar-refractivity contribution in [3.8, 4) is 33.8 Å². The number of carbonyl (C=O) groups is 7. The molecule has 8 atom stereocenters. The Balaban J connectivity index is 1.10. The maximum atomic E-state index is 14.5. The number of phenols is 1. The molecule has 4 aromatic rings. The number of aliphatic hydroxyl groups is 1. The number of phenolic OH excluding ortho intramolecular Hbond substituents is 1. The molecule has 4 aromatic carbocycles. The predicted octanol–water partition coefficient (Wildman–Crippen LogP) is 4.21. The van der Waals surface area contributed by atoms with Crippen LogP contribution in [0.2, 0.25) is 0 Å². The monoisotopic (exact) mass is 1090 g/mol. The largest absolute Gasteiger partial charge is 0.508 e. The molecule has 3 heterocycles. The number of fused-ring (bicyclic) bond motifs is 2. The number of hydrogen-bond acceptors (Lipinski definition) is 12. The molecule has 79 heavy (non-hydrogen) atoms. The fourth-order valence-electron chi connectivity index (χ4n) is 10.5. The number of hydrogen-bond donors (Lipinski definition) is 9. The third kappa shape index (κ3) is 16.4. The third-order valence-corrected chi connectivity index (χ3v) is 15.1. The van der Waals surface area contributed by atoms with Crippen LogP contribution in [0.15, 0.2) is 97.1 Å². The minimum absolute atomic E-state index is 0.0137. The Hall–Kier alpha value is -7.35. The molecule has 0 radical (unpaired) electrons. The van der Waals surface area contributed by atoms with E-state index in [1.165, 1.54) is 41.7 Å². The summed E-state index contributed by atoms with van der Waals surface area (Å²) in [6, 6.07) is 21.7. The van der Waals surface area contributed by atoms with Crippen LogP contribution in [-0.4, -0.2) is 143 Å². The van der Waals surface area contributed by atoms with Crippen molar-refractivity contribution >= 4 is 41.4 Å². The van der Waals surface area contributed by atoms with Crippen molar-refractivity contribution in [2.75, 3.05) is 32.8 Å². The van der Waals surface area contributed by atoms with Gasteiger partial charge in [-0.15, -0.1) is 0 Å². The van der Waals surface area contributed by atoms with Gasteiger partial charge in [-0.3, -0.25) is 33.6 Å². The van der Waals surface area contributed by atoms with Crippen LogP contribution >= 0.6 is 0 Å². The highest BCUT2D eigenvalue weighted by atomic mass is 16.5. The van der Waals surface area contributed by atoms with Gasteiger partial charge in [-0.2, -0.15) is 0 Å². The topological polar surface area (TPSA) is 288 Å². The van der Waals surface area contributed by atoms with E-state index in [1.54, 1.807) is 24.3 Å². The molecule has 3 aliphatic rings. The zero-order valence-corrected chi connectivity index (χ0v) is 45.5. The second-order valence-electron chi connectivity index (χ2n) is 21.1. The molecule has 0 aliphatic carbocycles. The number of ether oxygens (including phenoxy) is 1. The molecular formula is C60H79N9O10. The molecule has 0 spiro atoms. The van der Waals surface area contributed by atoms with Crippen molar-refractivity contribution in [3.63, 3.8) is 0 Å². The van der Waals surface area contributed by atoms with E-state index in [4.69, 9.17) is 16.2 Å². The van der Waals surface area contributed by atoms with Crippen molar-refractivity contribution in [2.45, 2.75) is 152 Å². The first kappa shape index (κ1) is 59.3. The molecule has 0 bridgehead atoms. The number of amides is 7. The Bertz CT molecular complexity index is 2690.